The second kappa shape index (κ2) is 6.20. The van der Waals surface area contributed by atoms with Crippen LogP contribution < -0.4 is 5.32 Å². The highest BCUT2D eigenvalue weighted by Crippen LogP contribution is 2.32. The number of halogens is 1. The Kier molecular flexibility index (Phi) is 4.60. The fraction of sp³-hybridized carbons (Fsp3) is 0.231. The fourth-order valence-electron chi connectivity index (χ4n) is 1.55. The molecule has 0 spiro atoms. The molecule has 0 radical (unpaired) electrons. The van der Waals surface area contributed by atoms with E-state index in [4.69, 9.17) is 0 Å². The van der Waals surface area contributed by atoms with Gasteiger partial charge in [-0.2, -0.15) is 0 Å². The first kappa shape index (κ1) is 13.4. The Morgan fingerprint density at radius 3 is 2.78 bits per heavy atom. The predicted molar refractivity (Wildman–Crippen MR) is 80.0 cm³/mol. The Morgan fingerprint density at radius 1 is 1.28 bits per heavy atom. The second-order valence-corrected chi connectivity index (χ2v) is 5.56. The summed E-state index contributed by atoms with van der Waals surface area (Å²) in [5, 5.41) is 3.99. The van der Waals surface area contributed by atoms with E-state index in [0.29, 0.717) is 0 Å². The van der Waals surface area contributed by atoms with Crippen LogP contribution in [0.2, 0.25) is 0 Å². The summed E-state index contributed by atoms with van der Waals surface area (Å²) in [6.07, 6.45) is 1.58. The van der Waals surface area contributed by atoms with Gasteiger partial charge in [0, 0.05) is 12.8 Å². The smallest absolute Gasteiger partial charge is 0.144 e. The third kappa shape index (κ3) is 3.03. The monoisotopic (exact) mass is 323 g/mol. The zero-order valence-corrected chi connectivity index (χ0v) is 12.7. The first-order chi connectivity index (χ1) is 8.72. The van der Waals surface area contributed by atoms with Crippen LogP contribution in [0.1, 0.15) is 11.1 Å². The minimum atomic E-state index is 0.817. The second-order valence-electron chi connectivity index (χ2n) is 3.81. The van der Waals surface area contributed by atoms with Gasteiger partial charge in [0.1, 0.15) is 17.2 Å². The topological polar surface area (TPSA) is 37.8 Å². The molecule has 18 heavy (non-hydrogen) atoms. The lowest BCUT2D eigenvalue weighted by molar-refractivity contribution is 1.02. The largest absolute Gasteiger partial charge is 0.372 e. The molecule has 0 saturated heterocycles. The molecule has 1 heterocycles. The number of hydrogen-bond donors (Lipinski definition) is 1. The highest BCUT2D eigenvalue weighted by molar-refractivity contribution is 9.10. The summed E-state index contributed by atoms with van der Waals surface area (Å²) in [5.41, 5.74) is 2.64. The third-order valence-electron chi connectivity index (χ3n) is 2.62. The van der Waals surface area contributed by atoms with E-state index < -0.39 is 0 Å². The summed E-state index contributed by atoms with van der Waals surface area (Å²) in [6, 6.07) is 8.40. The molecule has 0 saturated carbocycles. The number of aromatic nitrogens is 2. The van der Waals surface area contributed by atoms with Crippen LogP contribution in [0.5, 0.6) is 0 Å². The van der Waals surface area contributed by atoms with Crippen molar-refractivity contribution in [1.82, 2.24) is 9.97 Å². The summed E-state index contributed by atoms with van der Waals surface area (Å²) in [6.45, 7) is 2.13. The number of aryl methyl sites for hydroxylation is 1. The maximum absolute atomic E-state index is 4.30. The molecule has 0 aliphatic rings. The van der Waals surface area contributed by atoms with Gasteiger partial charge in [-0.3, -0.25) is 0 Å². The van der Waals surface area contributed by atoms with E-state index in [1.54, 1.807) is 18.1 Å². The summed E-state index contributed by atoms with van der Waals surface area (Å²) in [4.78, 5) is 8.44. The van der Waals surface area contributed by atoms with E-state index in [1.165, 1.54) is 11.1 Å². The molecule has 0 amide bonds. The normalized spacial score (nSPS) is 10.4. The van der Waals surface area contributed by atoms with E-state index in [9.17, 15) is 0 Å². The molecule has 1 N–H and O–H groups in total. The van der Waals surface area contributed by atoms with Crippen LogP contribution in [-0.2, 0) is 5.75 Å². The molecule has 5 heteroatoms. The first-order valence-corrected chi connectivity index (χ1v) is 7.35. The lowest BCUT2D eigenvalue weighted by atomic mass is 10.1. The van der Waals surface area contributed by atoms with Gasteiger partial charge in [0.05, 0.1) is 4.47 Å². The van der Waals surface area contributed by atoms with Crippen LogP contribution in [0.3, 0.4) is 0 Å². The van der Waals surface area contributed by atoms with E-state index >= 15 is 0 Å². The Bertz CT molecular complexity index is 546. The van der Waals surface area contributed by atoms with Gasteiger partial charge >= 0.3 is 0 Å². The molecule has 0 aliphatic carbocycles. The average Bonchev–Trinajstić information content (AvgIpc) is 2.39. The summed E-state index contributed by atoms with van der Waals surface area (Å²) in [7, 11) is 1.85. The number of nitrogens with zero attached hydrogens (tertiary/aromatic N) is 2. The lowest BCUT2D eigenvalue weighted by Crippen LogP contribution is -1.96. The molecule has 0 fully saturated rings. The van der Waals surface area contributed by atoms with Crippen molar-refractivity contribution in [2.24, 2.45) is 0 Å². The number of nitrogens with one attached hydrogen (secondary N) is 1. The Labute approximate surface area is 120 Å². The van der Waals surface area contributed by atoms with Crippen molar-refractivity contribution in [3.63, 3.8) is 0 Å². The predicted octanol–water partition coefficient (Wildman–Crippen LogP) is 3.88. The van der Waals surface area contributed by atoms with Crippen molar-refractivity contribution in [3.8, 4) is 0 Å². The van der Waals surface area contributed by atoms with Gasteiger partial charge in [0.15, 0.2) is 0 Å². The molecule has 94 valence electrons. The highest BCUT2D eigenvalue weighted by atomic mass is 79.9. The minimum absolute atomic E-state index is 0.817. The molecule has 1 aromatic carbocycles. The lowest BCUT2D eigenvalue weighted by Gasteiger charge is -2.08. The number of anilines is 1. The molecular formula is C13H14BrN3S. The Balaban J connectivity index is 2.14. The van der Waals surface area contributed by atoms with Gasteiger partial charge in [-0.25, -0.2) is 9.97 Å². The van der Waals surface area contributed by atoms with Gasteiger partial charge in [-0.15, -0.1) is 11.8 Å². The van der Waals surface area contributed by atoms with E-state index in [2.05, 4.69) is 62.4 Å². The molecule has 3 nitrogen and oxygen atoms in total. The van der Waals surface area contributed by atoms with Crippen LogP contribution in [0.4, 0.5) is 5.82 Å². The van der Waals surface area contributed by atoms with Crippen molar-refractivity contribution < 1.29 is 0 Å². The molecule has 0 unspecified atom stereocenters. The third-order valence-corrected chi connectivity index (χ3v) is 4.67. The molecule has 2 aromatic rings. The molecule has 1 aromatic heterocycles. The van der Waals surface area contributed by atoms with Crippen LogP contribution in [0, 0.1) is 6.92 Å². The van der Waals surface area contributed by atoms with Crippen LogP contribution in [0.25, 0.3) is 0 Å². The standard InChI is InChI=1S/C13H14BrN3S/c1-9-5-3-4-6-10(9)7-18-13-11(14)12(15-2)16-8-17-13/h3-6,8H,7H2,1-2H3,(H,15,16,17). The van der Waals surface area contributed by atoms with Crippen molar-refractivity contribution >= 4 is 33.5 Å². The van der Waals surface area contributed by atoms with E-state index in [1.807, 2.05) is 7.05 Å². The van der Waals surface area contributed by atoms with E-state index in [-0.39, 0.29) is 0 Å². The molecule has 0 aliphatic heterocycles. The van der Waals surface area contributed by atoms with Gasteiger partial charge in [-0.1, -0.05) is 24.3 Å². The number of rotatable bonds is 4. The number of benzene rings is 1. The van der Waals surface area contributed by atoms with Crippen LogP contribution in [0.15, 0.2) is 40.1 Å². The quantitative estimate of drug-likeness (QED) is 0.684. The van der Waals surface area contributed by atoms with Crippen molar-refractivity contribution in [3.05, 3.63) is 46.2 Å². The number of hydrogen-bond acceptors (Lipinski definition) is 4. The molecular weight excluding hydrogens is 310 g/mol. The minimum Gasteiger partial charge on any atom is -0.372 e. The Hall–Kier alpha value is -1.07. The highest BCUT2D eigenvalue weighted by Gasteiger charge is 2.08. The summed E-state index contributed by atoms with van der Waals surface area (Å²) >= 11 is 5.23. The van der Waals surface area contributed by atoms with Crippen molar-refractivity contribution in [2.45, 2.75) is 17.7 Å². The number of thioether (sulfide) groups is 1. The zero-order valence-electron chi connectivity index (χ0n) is 10.3. The van der Waals surface area contributed by atoms with Gasteiger partial charge in [0.25, 0.3) is 0 Å². The van der Waals surface area contributed by atoms with Crippen LogP contribution >= 0.6 is 27.7 Å². The molecule has 0 bridgehead atoms. The SMILES string of the molecule is CNc1ncnc(SCc2ccccc2C)c1Br. The molecule has 0 atom stereocenters. The zero-order chi connectivity index (χ0) is 13.0. The van der Waals surface area contributed by atoms with Gasteiger partial charge in [0.2, 0.25) is 0 Å². The summed E-state index contributed by atoms with van der Waals surface area (Å²) in [5.74, 6) is 1.73. The summed E-state index contributed by atoms with van der Waals surface area (Å²) < 4.78 is 0.922. The fourth-order valence-corrected chi connectivity index (χ4v) is 3.25. The average molecular weight is 324 g/mol. The van der Waals surface area contributed by atoms with Crippen LogP contribution in [-0.4, -0.2) is 17.0 Å². The van der Waals surface area contributed by atoms with Crippen molar-refractivity contribution in [2.75, 3.05) is 12.4 Å². The Morgan fingerprint density at radius 2 is 2.06 bits per heavy atom. The maximum Gasteiger partial charge on any atom is 0.144 e. The maximum atomic E-state index is 4.30. The van der Waals surface area contributed by atoms with Gasteiger partial charge in [-0.05, 0) is 34.0 Å². The molecule has 2 rings (SSSR count). The first-order valence-electron chi connectivity index (χ1n) is 5.58. The van der Waals surface area contributed by atoms with Crippen molar-refractivity contribution in [1.29, 1.82) is 0 Å². The van der Waals surface area contributed by atoms with E-state index in [0.717, 1.165) is 21.1 Å². The van der Waals surface area contributed by atoms with Gasteiger partial charge < -0.3 is 5.32 Å².